The van der Waals surface area contributed by atoms with Gasteiger partial charge in [-0.05, 0) is 13.0 Å². The van der Waals surface area contributed by atoms with E-state index in [1.807, 2.05) is 0 Å². The van der Waals surface area contributed by atoms with Gasteiger partial charge in [0.15, 0.2) is 5.82 Å². The predicted octanol–water partition coefficient (Wildman–Crippen LogP) is 0.274. The van der Waals surface area contributed by atoms with E-state index in [0.29, 0.717) is 12.4 Å². The molecular weight excluding hydrogens is 182 g/mol. The minimum absolute atomic E-state index is 0.0454. The Morgan fingerprint density at radius 3 is 3.14 bits per heavy atom. The lowest BCUT2D eigenvalue weighted by atomic mass is 9.91. The lowest BCUT2D eigenvalue weighted by Crippen LogP contribution is -2.27. The first-order valence-electron chi connectivity index (χ1n) is 4.80. The maximum atomic E-state index is 9.19. The minimum atomic E-state index is 0.0454. The van der Waals surface area contributed by atoms with E-state index in [1.165, 1.54) is 6.39 Å². The van der Waals surface area contributed by atoms with Crippen molar-refractivity contribution < 1.29 is 9.63 Å². The van der Waals surface area contributed by atoms with Crippen molar-refractivity contribution >= 4 is 0 Å². The molecule has 1 N–H and O–H groups in total. The van der Waals surface area contributed by atoms with Crippen LogP contribution in [0.25, 0.3) is 0 Å². The van der Waals surface area contributed by atoms with Crippen LogP contribution < -0.4 is 0 Å². The smallest absolute Gasteiger partial charge is 0.213 e. The molecule has 1 unspecified atom stereocenters. The standard InChI is InChI=1S/C9H15N3O2/c1-9(6-13)2-3-12(5-9)4-8-10-7-14-11-8/h7,13H,2-6H2,1H3. The van der Waals surface area contributed by atoms with Gasteiger partial charge >= 0.3 is 0 Å². The Bertz CT molecular complexity index is 288. The normalized spacial score (nSPS) is 28.4. The Hall–Kier alpha value is -0.940. The third-order valence-corrected chi connectivity index (χ3v) is 2.79. The molecular formula is C9H15N3O2. The van der Waals surface area contributed by atoms with Crippen LogP contribution in [0.15, 0.2) is 10.9 Å². The molecule has 1 aliphatic rings. The van der Waals surface area contributed by atoms with Gasteiger partial charge in [0.1, 0.15) is 0 Å². The van der Waals surface area contributed by atoms with Gasteiger partial charge < -0.3 is 9.63 Å². The second-order valence-electron chi connectivity index (χ2n) is 4.28. The fourth-order valence-electron chi connectivity index (χ4n) is 1.85. The van der Waals surface area contributed by atoms with Crippen molar-refractivity contribution in [2.24, 2.45) is 5.41 Å². The summed E-state index contributed by atoms with van der Waals surface area (Å²) in [6.45, 7) is 4.95. The molecule has 0 aliphatic carbocycles. The molecule has 5 heteroatoms. The molecule has 0 spiro atoms. The predicted molar refractivity (Wildman–Crippen MR) is 49.4 cm³/mol. The van der Waals surface area contributed by atoms with Gasteiger partial charge in [-0.3, -0.25) is 4.90 Å². The van der Waals surface area contributed by atoms with E-state index in [0.717, 1.165) is 19.5 Å². The average molecular weight is 197 g/mol. The van der Waals surface area contributed by atoms with Crippen molar-refractivity contribution in [1.82, 2.24) is 15.0 Å². The molecule has 1 fully saturated rings. The summed E-state index contributed by atoms with van der Waals surface area (Å²) in [5.41, 5.74) is 0.0454. The number of hydrogen-bond donors (Lipinski definition) is 1. The number of likely N-dealkylation sites (tertiary alicyclic amines) is 1. The first kappa shape index (κ1) is 9.61. The highest BCUT2D eigenvalue weighted by molar-refractivity contribution is 4.88. The van der Waals surface area contributed by atoms with E-state index in [2.05, 4.69) is 26.5 Å². The number of rotatable bonds is 3. The summed E-state index contributed by atoms with van der Waals surface area (Å²) in [6, 6.07) is 0. The monoisotopic (exact) mass is 197 g/mol. The van der Waals surface area contributed by atoms with Crippen LogP contribution in [0.5, 0.6) is 0 Å². The van der Waals surface area contributed by atoms with E-state index in [1.54, 1.807) is 0 Å². The van der Waals surface area contributed by atoms with Crippen LogP contribution in [0.2, 0.25) is 0 Å². The van der Waals surface area contributed by atoms with E-state index >= 15 is 0 Å². The molecule has 1 aromatic heterocycles. The Balaban J connectivity index is 1.90. The lowest BCUT2D eigenvalue weighted by Gasteiger charge is -2.20. The number of nitrogens with zero attached hydrogens (tertiary/aromatic N) is 3. The Kier molecular flexibility index (Phi) is 2.52. The number of aromatic nitrogens is 2. The third kappa shape index (κ3) is 1.93. The zero-order chi connectivity index (χ0) is 10.0. The maximum absolute atomic E-state index is 9.19. The van der Waals surface area contributed by atoms with E-state index in [4.69, 9.17) is 0 Å². The zero-order valence-electron chi connectivity index (χ0n) is 8.31. The van der Waals surface area contributed by atoms with Crippen molar-refractivity contribution in [3.63, 3.8) is 0 Å². The molecule has 1 aromatic rings. The van der Waals surface area contributed by atoms with Crippen LogP contribution in [0.3, 0.4) is 0 Å². The van der Waals surface area contributed by atoms with Gasteiger partial charge in [0.25, 0.3) is 0 Å². The molecule has 14 heavy (non-hydrogen) atoms. The zero-order valence-corrected chi connectivity index (χ0v) is 8.31. The van der Waals surface area contributed by atoms with Gasteiger partial charge in [0.2, 0.25) is 6.39 Å². The Morgan fingerprint density at radius 2 is 2.57 bits per heavy atom. The van der Waals surface area contributed by atoms with Crippen molar-refractivity contribution in [3.8, 4) is 0 Å². The molecule has 1 saturated heterocycles. The van der Waals surface area contributed by atoms with Crippen molar-refractivity contribution in [3.05, 3.63) is 12.2 Å². The van der Waals surface area contributed by atoms with Crippen LogP contribution in [0, 0.1) is 5.41 Å². The highest BCUT2D eigenvalue weighted by Gasteiger charge is 2.33. The Labute approximate surface area is 82.7 Å². The first-order valence-corrected chi connectivity index (χ1v) is 4.80. The molecule has 1 atom stereocenters. The van der Waals surface area contributed by atoms with Crippen LogP contribution in [0.1, 0.15) is 19.2 Å². The fourth-order valence-corrected chi connectivity index (χ4v) is 1.85. The van der Waals surface area contributed by atoms with Crippen LogP contribution in [-0.4, -0.2) is 39.8 Å². The van der Waals surface area contributed by atoms with Crippen LogP contribution in [0.4, 0.5) is 0 Å². The number of hydrogen-bond acceptors (Lipinski definition) is 5. The van der Waals surface area contributed by atoms with Gasteiger partial charge in [-0.25, -0.2) is 0 Å². The third-order valence-electron chi connectivity index (χ3n) is 2.79. The molecule has 78 valence electrons. The highest BCUT2D eigenvalue weighted by atomic mass is 16.5. The van der Waals surface area contributed by atoms with Gasteiger partial charge in [-0.2, -0.15) is 4.98 Å². The van der Waals surface area contributed by atoms with Gasteiger partial charge in [0, 0.05) is 18.6 Å². The van der Waals surface area contributed by atoms with Crippen LogP contribution >= 0.6 is 0 Å². The topological polar surface area (TPSA) is 62.4 Å². The SMILES string of the molecule is CC1(CO)CCN(Cc2ncon2)C1. The molecule has 0 radical (unpaired) electrons. The second-order valence-corrected chi connectivity index (χ2v) is 4.28. The average Bonchev–Trinajstić information content (AvgIpc) is 2.78. The van der Waals surface area contributed by atoms with Crippen molar-refractivity contribution in [2.75, 3.05) is 19.7 Å². The summed E-state index contributed by atoms with van der Waals surface area (Å²) >= 11 is 0. The van der Waals surface area contributed by atoms with Gasteiger partial charge in [-0.1, -0.05) is 12.1 Å². The summed E-state index contributed by atoms with van der Waals surface area (Å²) in [4.78, 5) is 6.21. The summed E-state index contributed by atoms with van der Waals surface area (Å²) in [5.74, 6) is 0.715. The second kappa shape index (κ2) is 3.67. The summed E-state index contributed by atoms with van der Waals surface area (Å²) in [6.07, 6.45) is 2.37. The summed E-state index contributed by atoms with van der Waals surface area (Å²) in [7, 11) is 0. The van der Waals surface area contributed by atoms with Crippen molar-refractivity contribution in [2.45, 2.75) is 19.9 Å². The summed E-state index contributed by atoms with van der Waals surface area (Å²) in [5, 5.41) is 13.0. The molecule has 0 aromatic carbocycles. The number of aliphatic hydroxyl groups is 1. The molecule has 5 nitrogen and oxygen atoms in total. The molecule has 1 aliphatic heterocycles. The minimum Gasteiger partial charge on any atom is -0.396 e. The number of aliphatic hydroxyl groups excluding tert-OH is 1. The summed E-state index contributed by atoms with van der Waals surface area (Å²) < 4.78 is 4.67. The molecule has 0 saturated carbocycles. The quantitative estimate of drug-likeness (QED) is 0.753. The van der Waals surface area contributed by atoms with E-state index in [-0.39, 0.29) is 12.0 Å². The van der Waals surface area contributed by atoms with Crippen molar-refractivity contribution in [1.29, 1.82) is 0 Å². The fraction of sp³-hybridized carbons (Fsp3) is 0.778. The molecule has 2 rings (SSSR count). The Morgan fingerprint density at radius 1 is 1.71 bits per heavy atom. The first-order chi connectivity index (χ1) is 6.72. The molecule has 2 heterocycles. The molecule has 0 amide bonds. The van der Waals surface area contributed by atoms with E-state index in [9.17, 15) is 5.11 Å². The lowest BCUT2D eigenvalue weighted by molar-refractivity contribution is 0.143. The van der Waals surface area contributed by atoms with E-state index < -0.39 is 0 Å². The van der Waals surface area contributed by atoms with Gasteiger partial charge in [0.05, 0.1) is 6.54 Å². The van der Waals surface area contributed by atoms with Crippen LogP contribution in [-0.2, 0) is 6.54 Å². The maximum Gasteiger partial charge on any atom is 0.213 e. The van der Waals surface area contributed by atoms with Gasteiger partial charge in [-0.15, -0.1) is 0 Å². The largest absolute Gasteiger partial charge is 0.396 e. The molecule has 0 bridgehead atoms. The highest BCUT2D eigenvalue weighted by Crippen LogP contribution is 2.29.